The van der Waals surface area contributed by atoms with E-state index in [1.807, 2.05) is 36.4 Å². The number of carbonyl (C=O) groups is 2. The zero-order chi connectivity index (χ0) is 17.8. The van der Waals surface area contributed by atoms with Crippen molar-refractivity contribution in [3.63, 3.8) is 0 Å². The predicted octanol–water partition coefficient (Wildman–Crippen LogP) is 4.16. The number of fused-ring (bicyclic) bond motifs is 1. The van der Waals surface area contributed by atoms with Gasteiger partial charge in [-0.25, -0.2) is 9.18 Å². The standard InChI is InChI=1S/C20H16FNO3/c1-13(25-20(24)15-9-11-16(21)12-10-15)19(23)22-18-8-4-6-14-5-2-3-7-17(14)18/h2-13H,1H3,(H,22,23)/t13-/m1/s1. The third kappa shape index (κ3) is 3.83. The van der Waals surface area contributed by atoms with Gasteiger partial charge < -0.3 is 10.1 Å². The Bertz CT molecular complexity index is 916. The van der Waals surface area contributed by atoms with Crippen LogP contribution in [0.5, 0.6) is 0 Å². The van der Waals surface area contributed by atoms with E-state index >= 15 is 0 Å². The third-order valence-electron chi connectivity index (χ3n) is 3.78. The Balaban J connectivity index is 1.70. The second kappa shape index (κ2) is 7.13. The molecular formula is C20H16FNO3. The topological polar surface area (TPSA) is 55.4 Å². The van der Waals surface area contributed by atoms with Crippen LogP contribution in [0.1, 0.15) is 17.3 Å². The average Bonchev–Trinajstić information content (AvgIpc) is 2.62. The second-order valence-electron chi connectivity index (χ2n) is 5.57. The third-order valence-corrected chi connectivity index (χ3v) is 3.78. The molecule has 0 saturated heterocycles. The number of hydrogen-bond donors (Lipinski definition) is 1. The van der Waals surface area contributed by atoms with Crippen LogP contribution in [-0.2, 0) is 9.53 Å². The number of rotatable bonds is 4. The molecule has 0 heterocycles. The highest BCUT2D eigenvalue weighted by atomic mass is 19.1. The first-order valence-corrected chi connectivity index (χ1v) is 7.80. The summed E-state index contributed by atoms with van der Waals surface area (Å²) in [6.45, 7) is 1.49. The van der Waals surface area contributed by atoms with Gasteiger partial charge in [0.2, 0.25) is 0 Å². The van der Waals surface area contributed by atoms with Crippen molar-refractivity contribution in [2.45, 2.75) is 13.0 Å². The highest BCUT2D eigenvalue weighted by Gasteiger charge is 2.19. The minimum absolute atomic E-state index is 0.186. The molecule has 0 fully saturated rings. The van der Waals surface area contributed by atoms with Crippen molar-refractivity contribution in [3.05, 3.63) is 78.1 Å². The van der Waals surface area contributed by atoms with Crippen molar-refractivity contribution < 1.29 is 18.7 Å². The number of nitrogens with one attached hydrogen (secondary N) is 1. The van der Waals surface area contributed by atoms with Crippen molar-refractivity contribution in [2.24, 2.45) is 0 Å². The normalized spacial score (nSPS) is 11.8. The van der Waals surface area contributed by atoms with E-state index in [1.54, 1.807) is 6.07 Å². The van der Waals surface area contributed by atoms with Crippen molar-refractivity contribution in [1.82, 2.24) is 0 Å². The molecule has 0 aliphatic rings. The summed E-state index contributed by atoms with van der Waals surface area (Å²) in [7, 11) is 0. The first-order chi connectivity index (χ1) is 12.0. The predicted molar refractivity (Wildman–Crippen MR) is 93.9 cm³/mol. The Morgan fingerprint density at radius 3 is 2.40 bits per heavy atom. The first-order valence-electron chi connectivity index (χ1n) is 7.80. The lowest BCUT2D eigenvalue weighted by Gasteiger charge is -2.14. The van der Waals surface area contributed by atoms with Gasteiger partial charge in [0.1, 0.15) is 5.82 Å². The maximum Gasteiger partial charge on any atom is 0.338 e. The number of anilines is 1. The highest BCUT2D eigenvalue weighted by Crippen LogP contribution is 2.23. The van der Waals surface area contributed by atoms with Gasteiger partial charge in [0, 0.05) is 11.1 Å². The van der Waals surface area contributed by atoms with Gasteiger partial charge in [0.25, 0.3) is 5.91 Å². The van der Waals surface area contributed by atoms with Crippen LogP contribution in [0.25, 0.3) is 10.8 Å². The monoisotopic (exact) mass is 337 g/mol. The second-order valence-corrected chi connectivity index (χ2v) is 5.57. The van der Waals surface area contributed by atoms with E-state index in [0.29, 0.717) is 5.69 Å². The highest BCUT2D eigenvalue weighted by molar-refractivity contribution is 6.04. The summed E-state index contributed by atoms with van der Waals surface area (Å²) >= 11 is 0. The van der Waals surface area contributed by atoms with Crippen LogP contribution in [0.15, 0.2) is 66.7 Å². The van der Waals surface area contributed by atoms with Gasteiger partial charge in [-0.15, -0.1) is 0 Å². The zero-order valence-corrected chi connectivity index (χ0v) is 13.5. The van der Waals surface area contributed by atoms with Crippen molar-refractivity contribution in [1.29, 1.82) is 0 Å². The zero-order valence-electron chi connectivity index (χ0n) is 13.5. The maximum atomic E-state index is 12.9. The molecule has 0 saturated carbocycles. The fraction of sp³-hybridized carbons (Fsp3) is 0.100. The SMILES string of the molecule is C[C@@H](OC(=O)c1ccc(F)cc1)C(=O)Nc1cccc2ccccc12. The van der Waals surface area contributed by atoms with Crippen LogP contribution in [0, 0.1) is 5.82 Å². The Morgan fingerprint density at radius 1 is 0.960 bits per heavy atom. The summed E-state index contributed by atoms with van der Waals surface area (Å²) in [5.74, 6) is -1.56. The quantitative estimate of drug-likeness (QED) is 0.727. The molecule has 0 unspecified atom stereocenters. The van der Waals surface area contributed by atoms with Crippen LogP contribution < -0.4 is 5.32 Å². The fourth-order valence-electron chi connectivity index (χ4n) is 2.44. The number of esters is 1. The molecule has 5 heteroatoms. The molecule has 4 nitrogen and oxygen atoms in total. The van der Waals surface area contributed by atoms with Crippen molar-refractivity contribution in [3.8, 4) is 0 Å². The molecule has 1 N–H and O–H groups in total. The molecule has 0 aromatic heterocycles. The van der Waals surface area contributed by atoms with Gasteiger partial charge >= 0.3 is 5.97 Å². The molecule has 0 aliphatic carbocycles. The minimum atomic E-state index is -0.989. The van der Waals surface area contributed by atoms with Gasteiger partial charge in [-0.05, 0) is 42.6 Å². The van der Waals surface area contributed by atoms with Crippen LogP contribution >= 0.6 is 0 Å². The number of benzene rings is 3. The minimum Gasteiger partial charge on any atom is -0.449 e. The lowest BCUT2D eigenvalue weighted by molar-refractivity contribution is -0.123. The summed E-state index contributed by atoms with van der Waals surface area (Å²) < 4.78 is 18.0. The van der Waals surface area contributed by atoms with E-state index < -0.39 is 23.8 Å². The lowest BCUT2D eigenvalue weighted by Crippen LogP contribution is -2.30. The Morgan fingerprint density at radius 2 is 1.64 bits per heavy atom. The van der Waals surface area contributed by atoms with Gasteiger partial charge in [-0.1, -0.05) is 36.4 Å². The Kier molecular flexibility index (Phi) is 4.75. The Hall–Kier alpha value is -3.21. The van der Waals surface area contributed by atoms with Crippen molar-refractivity contribution in [2.75, 3.05) is 5.32 Å². The van der Waals surface area contributed by atoms with E-state index in [1.165, 1.54) is 19.1 Å². The molecule has 1 amide bonds. The first kappa shape index (κ1) is 16.6. The summed E-state index contributed by atoms with van der Waals surface area (Å²) in [5, 5.41) is 4.67. The summed E-state index contributed by atoms with van der Waals surface area (Å²) in [5.41, 5.74) is 0.832. The molecule has 25 heavy (non-hydrogen) atoms. The van der Waals surface area contributed by atoms with E-state index in [2.05, 4.69) is 5.32 Å². The van der Waals surface area contributed by atoms with Gasteiger partial charge in [-0.3, -0.25) is 4.79 Å². The molecule has 3 rings (SSSR count). The largest absolute Gasteiger partial charge is 0.449 e. The summed E-state index contributed by atoms with van der Waals surface area (Å²) in [6, 6.07) is 18.2. The van der Waals surface area contributed by atoms with Crippen LogP contribution in [0.2, 0.25) is 0 Å². The number of hydrogen-bond acceptors (Lipinski definition) is 3. The van der Waals surface area contributed by atoms with Crippen LogP contribution in [0.4, 0.5) is 10.1 Å². The van der Waals surface area contributed by atoms with Gasteiger partial charge in [0.15, 0.2) is 6.10 Å². The Labute approximate surface area is 144 Å². The van der Waals surface area contributed by atoms with E-state index in [9.17, 15) is 14.0 Å². The smallest absolute Gasteiger partial charge is 0.338 e. The summed E-state index contributed by atoms with van der Waals surface area (Å²) in [6.07, 6.45) is -0.989. The summed E-state index contributed by atoms with van der Waals surface area (Å²) in [4.78, 5) is 24.3. The number of halogens is 1. The van der Waals surface area contributed by atoms with E-state index in [-0.39, 0.29) is 5.56 Å². The molecular weight excluding hydrogens is 321 g/mol. The van der Waals surface area contributed by atoms with E-state index in [4.69, 9.17) is 4.74 Å². The molecule has 0 spiro atoms. The molecule has 0 aliphatic heterocycles. The maximum absolute atomic E-state index is 12.9. The molecule has 126 valence electrons. The van der Waals surface area contributed by atoms with Gasteiger partial charge in [0.05, 0.1) is 5.56 Å². The molecule has 0 radical (unpaired) electrons. The molecule has 3 aromatic rings. The number of ether oxygens (including phenoxy) is 1. The molecule has 0 bridgehead atoms. The van der Waals surface area contributed by atoms with Crippen LogP contribution in [0.3, 0.4) is 0 Å². The lowest BCUT2D eigenvalue weighted by atomic mass is 10.1. The molecule has 3 aromatic carbocycles. The molecule has 1 atom stereocenters. The number of amides is 1. The fourth-order valence-corrected chi connectivity index (χ4v) is 2.44. The van der Waals surface area contributed by atoms with Crippen molar-refractivity contribution >= 4 is 28.3 Å². The van der Waals surface area contributed by atoms with Gasteiger partial charge in [-0.2, -0.15) is 0 Å². The van der Waals surface area contributed by atoms with Crippen LogP contribution in [-0.4, -0.2) is 18.0 Å². The van der Waals surface area contributed by atoms with E-state index in [0.717, 1.165) is 22.9 Å². The average molecular weight is 337 g/mol. The number of carbonyl (C=O) groups excluding carboxylic acids is 2.